The molecule has 0 atom stereocenters. The minimum atomic E-state index is -0.496. The van der Waals surface area contributed by atoms with Crippen LogP contribution in [-0.2, 0) is 10.8 Å². The standard InChI is InChI=1S/C71H56N2/c1-4-17-50(18-5-1)51-31-35-58(36-32-51)72(59-37-33-52(34-38-59)53-19-16-24-60(46-53)73-68-29-14-10-25-62(68)63-26-11-15-30-69(63)73)61-39-40-66-67(47-61)71(56-42-48-41-49(44-56)45-57(71)43-48)65-28-13-12-27-64(65)70(66,54-20-6-2-7-21-54)55-22-8-3-9-23-55/h1-40,46-49,56-57H,41-45H2. The second kappa shape index (κ2) is 16.7. The molecule has 1 spiro atoms. The summed E-state index contributed by atoms with van der Waals surface area (Å²) in [5, 5.41) is 2.55. The van der Waals surface area contributed by atoms with E-state index in [0.717, 1.165) is 28.9 Å². The van der Waals surface area contributed by atoms with E-state index in [1.165, 1.54) is 110 Å². The predicted molar refractivity (Wildman–Crippen MR) is 302 cm³/mol. The number of rotatable bonds is 8. The van der Waals surface area contributed by atoms with E-state index >= 15 is 0 Å². The summed E-state index contributed by atoms with van der Waals surface area (Å²) in [6.45, 7) is 0. The lowest BCUT2D eigenvalue weighted by Gasteiger charge is -2.65. The van der Waals surface area contributed by atoms with Crippen LogP contribution in [0.5, 0.6) is 0 Å². The van der Waals surface area contributed by atoms with Crippen molar-refractivity contribution in [2.75, 3.05) is 4.90 Å². The van der Waals surface area contributed by atoms with Gasteiger partial charge in [0.25, 0.3) is 0 Å². The van der Waals surface area contributed by atoms with Crippen LogP contribution in [0.4, 0.5) is 17.1 Å². The van der Waals surface area contributed by atoms with Gasteiger partial charge in [-0.1, -0.05) is 194 Å². The second-order valence-electron chi connectivity index (χ2n) is 21.6. The second-order valence-corrected chi connectivity index (χ2v) is 21.6. The maximum atomic E-state index is 2.68. The molecular weight excluding hydrogens is 881 g/mol. The van der Waals surface area contributed by atoms with Crippen LogP contribution in [0.2, 0.25) is 0 Å². The molecule has 1 heterocycles. The van der Waals surface area contributed by atoms with Crippen molar-refractivity contribution in [3.05, 3.63) is 288 Å². The Hall–Kier alpha value is -8.20. The first-order chi connectivity index (χ1) is 36.2. The van der Waals surface area contributed by atoms with E-state index in [2.05, 4.69) is 264 Å². The molecule has 0 aliphatic heterocycles. The van der Waals surface area contributed by atoms with Crippen LogP contribution >= 0.6 is 0 Å². The number of hydrogen-bond donors (Lipinski definition) is 0. The van der Waals surface area contributed by atoms with Crippen molar-refractivity contribution in [1.29, 1.82) is 0 Å². The highest BCUT2D eigenvalue weighted by Gasteiger charge is 2.63. The molecule has 4 fully saturated rings. The summed E-state index contributed by atoms with van der Waals surface area (Å²) in [6, 6.07) is 96.3. The van der Waals surface area contributed by atoms with Gasteiger partial charge in [-0.25, -0.2) is 0 Å². The van der Waals surface area contributed by atoms with Gasteiger partial charge in [0.2, 0.25) is 0 Å². The van der Waals surface area contributed by atoms with Gasteiger partial charge in [-0.15, -0.1) is 0 Å². The van der Waals surface area contributed by atoms with E-state index in [4.69, 9.17) is 0 Å². The van der Waals surface area contributed by atoms with Crippen molar-refractivity contribution in [3.63, 3.8) is 0 Å². The molecule has 0 amide bonds. The summed E-state index contributed by atoms with van der Waals surface area (Å²) in [5.74, 6) is 2.87. The quantitative estimate of drug-likeness (QED) is 0.147. The molecule has 4 bridgehead atoms. The first-order valence-corrected chi connectivity index (χ1v) is 26.7. The Kier molecular flexibility index (Phi) is 9.71. The zero-order valence-electron chi connectivity index (χ0n) is 41.0. The molecule has 5 aliphatic rings. The van der Waals surface area contributed by atoms with Gasteiger partial charge in [0, 0.05) is 38.9 Å². The highest BCUT2D eigenvalue weighted by Crippen LogP contribution is 2.70. The van der Waals surface area contributed by atoms with Crippen molar-refractivity contribution >= 4 is 38.9 Å². The molecular formula is C71H56N2. The molecule has 5 aliphatic carbocycles. The number of benzene rings is 10. The van der Waals surface area contributed by atoms with Gasteiger partial charge in [0.05, 0.1) is 16.4 Å². The van der Waals surface area contributed by atoms with Crippen LogP contribution in [0.15, 0.2) is 255 Å². The van der Waals surface area contributed by atoms with Gasteiger partial charge in [0.15, 0.2) is 0 Å². The molecule has 0 radical (unpaired) electrons. The lowest BCUT2D eigenvalue weighted by molar-refractivity contribution is -0.0440. The molecule has 1 aromatic heterocycles. The van der Waals surface area contributed by atoms with E-state index in [0.29, 0.717) is 11.8 Å². The van der Waals surface area contributed by atoms with Crippen molar-refractivity contribution < 1.29 is 0 Å². The molecule has 0 unspecified atom stereocenters. The first kappa shape index (κ1) is 42.5. The predicted octanol–water partition coefficient (Wildman–Crippen LogP) is 18.0. The average molecular weight is 937 g/mol. The van der Waals surface area contributed by atoms with Crippen LogP contribution in [0.3, 0.4) is 0 Å². The van der Waals surface area contributed by atoms with Crippen molar-refractivity contribution in [1.82, 2.24) is 4.57 Å². The number of para-hydroxylation sites is 2. The third kappa shape index (κ3) is 6.36. The van der Waals surface area contributed by atoms with Gasteiger partial charge in [-0.05, 0) is 172 Å². The number of hydrogen-bond acceptors (Lipinski definition) is 1. The summed E-state index contributed by atoms with van der Waals surface area (Å²) in [5.41, 5.74) is 20.0. The van der Waals surface area contributed by atoms with Crippen LogP contribution in [-0.4, -0.2) is 4.57 Å². The largest absolute Gasteiger partial charge is 0.310 e. The number of fused-ring (bicyclic) bond motifs is 5. The molecule has 10 aromatic carbocycles. The third-order valence-corrected chi connectivity index (χ3v) is 18.1. The molecule has 2 heteroatoms. The summed E-state index contributed by atoms with van der Waals surface area (Å²) in [6.07, 6.45) is 6.69. The molecule has 350 valence electrons. The van der Waals surface area contributed by atoms with Crippen LogP contribution in [0.25, 0.3) is 49.7 Å². The summed E-state index contributed by atoms with van der Waals surface area (Å²) >= 11 is 0. The third-order valence-electron chi connectivity index (χ3n) is 18.1. The van der Waals surface area contributed by atoms with Gasteiger partial charge in [0.1, 0.15) is 0 Å². The first-order valence-electron chi connectivity index (χ1n) is 26.7. The summed E-state index contributed by atoms with van der Waals surface area (Å²) in [7, 11) is 0. The molecule has 11 aromatic rings. The van der Waals surface area contributed by atoms with Crippen LogP contribution in [0.1, 0.15) is 65.5 Å². The normalized spacial score (nSPS) is 21.0. The fourth-order valence-electron chi connectivity index (χ4n) is 15.5. The Morgan fingerprint density at radius 3 is 1.37 bits per heavy atom. The Labute approximate surface area is 428 Å². The Morgan fingerprint density at radius 1 is 0.329 bits per heavy atom. The molecule has 2 nitrogen and oxygen atoms in total. The molecule has 4 saturated carbocycles. The summed E-state index contributed by atoms with van der Waals surface area (Å²) < 4.78 is 2.42. The molecule has 16 rings (SSSR count). The van der Waals surface area contributed by atoms with Gasteiger partial charge in [-0.2, -0.15) is 0 Å². The summed E-state index contributed by atoms with van der Waals surface area (Å²) in [4.78, 5) is 2.53. The number of aromatic nitrogens is 1. The van der Waals surface area contributed by atoms with E-state index in [1.54, 1.807) is 5.56 Å². The Balaban J connectivity index is 0.926. The molecule has 0 saturated heterocycles. The SMILES string of the molecule is c1ccc(-c2ccc(N(c3ccc(-c4cccc(-n5c6ccccc6c6ccccc65)c4)cc3)c3ccc4c(c3)C3(c5ccccc5C4(c4ccccc4)c4ccccc4)C4CC5CC(C4)CC3C5)cc2)cc1. The number of anilines is 3. The topological polar surface area (TPSA) is 8.17 Å². The lowest BCUT2D eigenvalue weighted by atomic mass is 9.38. The van der Waals surface area contributed by atoms with E-state index < -0.39 is 5.41 Å². The van der Waals surface area contributed by atoms with E-state index in [1.807, 2.05) is 0 Å². The zero-order chi connectivity index (χ0) is 48.1. The highest BCUT2D eigenvalue weighted by molar-refractivity contribution is 6.09. The maximum absolute atomic E-state index is 2.68. The van der Waals surface area contributed by atoms with Crippen LogP contribution in [0, 0.1) is 23.7 Å². The minimum absolute atomic E-state index is 0.0868. The molecule has 0 N–H and O–H groups in total. The minimum Gasteiger partial charge on any atom is -0.310 e. The number of nitrogens with zero attached hydrogens (tertiary/aromatic N) is 2. The van der Waals surface area contributed by atoms with Gasteiger partial charge >= 0.3 is 0 Å². The van der Waals surface area contributed by atoms with Crippen LogP contribution < -0.4 is 4.90 Å². The lowest BCUT2D eigenvalue weighted by Crippen LogP contribution is -2.59. The fraction of sp³-hybridized carbons (Fsp3) is 0.155. The van der Waals surface area contributed by atoms with Gasteiger partial charge in [-0.3, -0.25) is 0 Å². The monoisotopic (exact) mass is 936 g/mol. The average Bonchev–Trinajstić information content (AvgIpc) is 3.80. The molecule has 73 heavy (non-hydrogen) atoms. The Morgan fingerprint density at radius 2 is 0.781 bits per heavy atom. The van der Waals surface area contributed by atoms with E-state index in [-0.39, 0.29) is 5.41 Å². The van der Waals surface area contributed by atoms with E-state index in [9.17, 15) is 0 Å². The highest BCUT2D eigenvalue weighted by atomic mass is 15.1. The van der Waals surface area contributed by atoms with Crippen molar-refractivity contribution in [2.45, 2.75) is 42.9 Å². The zero-order valence-corrected chi connectivity index (χ0v) is 41.0. The van der Waals surface area contributed by atoms with Crippen molar-refractivity contribution in [3.8, 4) is 27.9 Å². The van der Waals surface area contributed by atoms with Crippen molar-refractivity contribution in [2.24, 2.45) is 23.7 Å². The fourth-order valence-corrected chi connectivity index (χ4v) is 15.5. The Bertz CT molecular complexity index is 3730. The van der Waals surface area contributed by atoms with Gasteiger partial charge < -0.3 is 9.47 Å². The maximum Gasteiger partial charge on any atom is 0.0707 e. The smallest absolute Gasteiger partial charge is 0.0707 e.